The Hall–Kier alpha value is -1.85. The third kappa shape index (κ3) is 7.58. The SMILES string of the molecule is COc1ccc(OC[C@@H](C)NC(=O)CCCSc2ccc(Cl)cc2)cc1. The molecular weight excluding hydrogens is 370 g/mol. The molecular formula is C20H24ClNO3S. The molecule has 0 aromatic heterocycles. The number of thioether (sulfide) groups is 1. The van der Waals surface area contributed by atoms with Gasteiger partial charge < -0.3 is 14.8 Å². The summed E-state index contributed by atoms with van der Waals surface area (Å²) in [5.41, 5.74) is 0. The highest BCUT2D eigenvalue weighted by Crippen LogP contribution is 2.21. The monoisotopic (exact) mass is 393 g/mol. The number of ether oxygens (including phenoxy) is 2. The number of hydrogen-bond donors (Lipinski definition) is 1. The fourth-order valence-corrected chi connectivity index (χ4v) is 3.21. The Bertz CT molecular complexity index is 676. The van der Waals surface area contributed by atoms with E-state index in [4.69, 9.17) is 21.1 Å². The predicted octanol–water partition coefficient (Wildman–Crippen LogP) is 4.80. The molecule has 4 nitrogen and oxygen atoms in total. The molecule has 0 aliphatic heterocycles. The number of halogens is 1. The lowest BCUT2D eigenvalue weighted by atomic mass is 10.3. The molecule has 0 heterocycles. The number of benzene rings is 2. The van der Waals surface area contributed by atoms with Crippen molar-refractivity contribution in [3.63, 3.8) is 0 Å². The van der Waals surface area contributed by atoms with Gasteiger partial charge in [-0.1, -0.05) is 11.6 Å². The summed E-state index contributed by atoms with van der Waals surface area (Å²) in [6, 6.07) is 15.1. The van der Waals surface area contributed by atoms with E-state index in [9.17, 15) is 4.79 Å². The normalized spacial score (nSPS) is 11.7. The molecule has 140 valence electrons. The number of carbonyl (C=O) groups excluding carboxylic acids is 1. The third-order valence-corrected chi connectivity index (χ3v) is 4.95. The summed E-state index contributed by atoms with van der Waals surface area (Å²) < 4.78 is 10.8. The first-order valence-corrected chi connectivity index (χ1v) is 9.88. The second-order valence-electron chi connectivity index (χ2n) is 5.86. The Labute approximate surface area is 164 Å². The van der Waals surface area contributed by atoms with Crippen molar-refractivity contribution in [3.05, 3.63) is 53.6 Å². The van der Waals surface area contributed by atoms with Crippen molar-refractivity contribution in [3.8, 4) is 11.5 Å². The molecule has 0 saturated carbocycles. The van der Waals surface area contributed by atoms with Gasteiger partial charge in [-0.05, 0) is 67.6 Å². The Kier molecular flexibility index (Phi) is 8.65. The Balaban J connectivity index is 1.59. The van der Waals surface area contributed by atoms with Crippen LogP contribution < -0.4 is 14.8 Å². The maximum atomic E-state index is 12.0. The molecule has 2 aromatic rings. The van der Waals surface area contributed by atoms with E-state index >= 15 is 0 Å². The van der Waals surface area contributed by atoms with Crippen LogP contribution in [-0.2, 0) is 4.79 Å². The molecule has 2 aromatic carbocycles. The minimum atomic E-state index is -0.0477. The van der Waals surface area contributed by atoms with Gasteiger partial charge in [0.05, 0.1) is 13.2 Å². The topological polar surface area (TPSA) is 47.6 Å². The van der Waals surface area contributed by atoms with E-state index in [0.717, 1.165) is 33.6 Å². The molecule has 2 rings (SSSR count). The first-order chi connectivity index (χ1) is 12.6. The van der Waals surface area contributed by atoms with Crippen LogP contribution in [0.25, 0.3) is 0 Å². The molecule has 0 unspecified atom stereocenters. The summed E-state index contributed by atoms with van der Waals surface area (Å²) in [5, 5.41) is 3.70. The van der Waals surface area contributed by atoms with E-state index in [-0.39, 0.29) is 11.9 Å². The summed E-state index contributed by atoms with van der Waals surface area (Å²) in [6.07, 6.45) is 1.33. The van der Waals surface area contributed by atoms with Gasteiger partial charge in [-0.2, -0.15) is 0 Å². The molecule has 0 aliphatic carbocycles. The lowest BCUT2D eigenvalue weighted by Crippen LogP contribution is -2.36. The number of hydrogen-bond acceptors (Lipinski definition) is 4. The van der Waals surface area contributed by atoms with Crippen molar-refractivity contribution < 1.29 is 14.3 Å². The average Bonchev–Trinajstić information content (AvgIpc) is 2.65. The van der Waals surface area contributed by atoms with Gasteiger partial charge >= 0.3 is 0 Å². The zero-order chi connectivity index (χ0) is 18.8. The first-order valence-electron chi connectivity index (χ1n) is 8.51. The third-order valence-electron chi connectivity index (χ3n) is 3.60. The maximum absolute atomic E-state index is 12.0. The predicted molar refractivity (Wildman–Crippen MR) is 108 cm³/mol. The van der Waals surface area contributed by atoms with Gasteiger partial charge in [-0.25, -0.2) is 0 Å². The van der Waals surface area contributed by atoms with Gasteiger partial charge in [0.1, 0.15) is 18.1 Å². The van der Waals surface area contributed by atoms with Gasteiger partial charge in [0.15, 0.2) is 0 Å². The molecule has 1 atom stereocenters. The van der Waals surface area contributed by atoms with Crippen molar-refractivity contribution in [2.24, 2.45) is 0 Å². The number of nitrogens with one attached hydrogen (secondary N) is 1. The fraction of sp³-hybridized carbons (Fsp3) is 0.350. The molecule has 0 fully saturated rings. The van der Waals surface area contributed by atoms with Crippen LogP contribution in [0.1, 0.15) is 19.8 Å². The lowest BCUT2D eigenvalue weighted by molar-refractivity contribution is -0.121. The zero-order valence-electron chi connectivity index (χ0n) is 15.0. The first kappa shape index (κ1) is 20.5. The Morgan fingerprint density at radius 2 is 1.77 bits per heavy atom. The van der Waals surface area contributed by atoms with Crippen LogP contribution in [0.5, 0.6) is 11.5 Å². The molecule has 0 spiro atoms. The quantitative estimate of drug-likeness (QED) is 0.465. The smallest absolute Gasteiger partial charge is 0.220 e. The summed E-state index contributed by atoms with van der Waals surface area (Å²) in [6.45, 7) is 2.36. The van der Waals surface area contributed by atoms with E-state index < -0.39 is 0 Å². The average molecular weight is 394 g/mol. The molecule has 6 heteroatoms. The highest BCUT2D eigenvalue weighted by atomic mass is 35.5. The zero-order valence-corrected chi connectivity index (χ0v) is 16.6. The van der Waals surface area contributed by atoms with E-state index in [1.807, 2.05) is 55.5 Å². The minimum absolute atomic E-state index is 0.0477. The van der Waals surface area contributed by atoms with Gasteiger partial charge in [-0.3, -0.25) is 4.79 Å². The largest absolute Gasteiger partial charge is 0.497 e. The Morgan fingerprint density at radius 1 is 1.12 bits per heavy atom. The summed E-state index contributed by atoms with van der Waals surface area (Å²) >= 11 is 7.59. The highest BCUT2D eigenvalue weighted by Gasteiger charge is 2.08. The van der Waals surface area contributed by atoms with Crippen molar-refractivity contribution >= 4 is 29.3 Å². The van der Waals surface area contributed by atoms with Crippen LogP contribution >= 0.6 is 23.4 Å². The van der Waals surface area contributed by atoms with Crippen LogP contribution in [-0.4, -0.2) is 31.4 Å². The van der Waals surface area contributed by atoms with Crippen LogP contribution in [0.15, 0.2) is 53.4 Å². The van der Waals surface area contributed by atoms with Crippen LogP contribution in [0.4, 0.5) is 0 Å². The molecule has 1 N–H and O–H groups in total. The summed E-state index contributed by atoms with van der Waals surface area (Å²) in [7, 11) is 1.63. The second-order valence-corrected chi connectivity index (χ2v) is 7.47. The Morgan fingerprint density at radius 3 is 2.42 bits per heavy atom. The molecule has 0 aliphatic rings. The standard InChI is InChI=1S/C20H24ClNO3S/c1-15(14-25-18-9-7-17(24-2)8-10-18)22-20(23)4-3-13-26-19-11-5-16(21)6-12-19/h5-12,15H,3-4,13-14H2,1-2H3,(H,22,23)/t15-/m1/s1. The molecule has 0 bridgehead atoms. The van der Waals surface area contributed by atoms with Gasteiger partial charge in [0.25, 0.3) is 0 Å². The molecule has 1 amide bonds. The van der Waals surface area contributed by atoms with E-state index in [1.54, 1.807) is 18.9 Å². The van der Waals surface area contributed by atoms with Gasteiger partial charge in [0.2, 0.25) is 5.91 Å². The van der Waals surface area contributed by atoms with Crippen molar-refractivity contribution in [2.45, 2.75) is 30.7 Å². The van der Waals surface area contributed by atoms with Crippen molar-refractivity contribution in [1.82, 2.24) is 5.32 Å². The second kappa shape index (κ2) is 11.0. The van der Waals surface area contributed by atoms with Crippen LogP contribution in [0.2, 0.25) is 5.02 Å². The summed E-state index contributed by atoms with van der Waals surface area (Å²) in [4.78, 5) is 13.2. The van der Waals surface area contributed by atoms with Crippen molar-refractivity contribution in [2.75, 3.05) is 19.5 Å². The van der Waals surface area contributed by atoms with Crippen LogP contribution in [0.3, 0.4) is 0 Å². The van der Waals surface area contributed by atoms with Gasteiger partial charge in [0, 0.05) is 16.3 Å². The van der Waals surface area contributed by atoms with Gasteiger partial charge in [-0.15, -0.1) is 11.8 Å². The fourth-order valence-electron chi connectivity index (χ4n) is 2.24. The summed E-state index contributed by atoms with van der Waals surface area (Å²) in [5.74, 6) is 2.49. The molecule has 0 radical (unpaired) electrons. The number of methoxy groups -OCH3 is 1. The van der Waals surface area contributed by atoms with Crippen LogP contribution in [0, 0.1) is 0 Å². The van der Waals surface area contributed by atoms with Crippen molar-refractivity contribution in [1.29, 1.82) is 0 Å². The molecule has 0 saturated heterocycles. The van der Waals surface area contributed by atoms with E-state index in [1.165, 1.54) is 0 Å². The number of carbonyl (C=O) groups is 1. The highest BCUT2D eigenvalue weighted by molar-refractivity contribution is 7.99. The lowest BCUT2D eigenvalue weighted by Gasteiger charge is -2.15. The molecule has 26 heavy (non-hydrogen) atoms. The van der Waals surface area contributed by atoms with E-state index in [0.29, 0.717) is 13.0 Å². The minimum Gasteiger partial charge on any atom is -0.497 e. The number of rotatable bonds is 10. The van der Waals surface area contributed by atoms with E-state index in [2.05, 4.69) is 5.32 Å². The maximum Gasteiger partial charge on any atom is 0.220 e. The number of amides is 1.